The number of nitrogens with one attached hydrogen (secondary N) is 1. The minimum absolute atomic E-state index is 0.178. The molecule has 0 radical (unpaired) electrons. The van der Waals surface area contributed by atoms with E-state index in [4.69, 9.17) is 0 Å². The molecular formula is C13H22N4OS. The zero-order chi connectivity index (χ0) is 13.7. The third-order valence-electron chi connectivity index (χ3n) is 3.51. The quantitative estimate of drug-likeness (QED) is 0.650. The van der Waals surface area contributed by atoms with Crippen LogP contribution in [0.2, 0.25) is 0 Å². The van der Waals surface area contributed by atoms with Gasteiger partial charge in [-0.05, 0) is 19.1 Å². The fraction of sp³-hybridized carbons (Fsp3) is 0.692. The summed E-state index contributed by atoms with van der Waals surface area (Å²) in [4.78, 5) is 11.2. The van der Waals surface area contributed by atoms with Crippen molar-refractivity contribution < 1.29 is 5.11 Å². The average molecular weight is 282 g/mol. The zero-order valence-corrected chi connectivity index (χ0v) is 12.4. The minimum atomic E-state index is 0.178. The number of anilines is 2. The molecule has 0 saturated carbocycles. The Morgan fingerprint density at radius 1 is 1.42 bits per heavy atom. The molecule has 19 heavy (non-hydrogen) atoms. The predicted octanol–water partition coefficient (Wildman–Crippen LogP) is 1.98. The van der Waals surface area contributed by atoms with Crippen molar-refractivity contribution in [3.63, 3.8) is 0 Å². The summed E-state index contributed by atoms with van der Waals surface area (Å²) in [6, 6.07) is 2.14. The minimum Gasteiger partial charge on any atom is -0.394 e. The second-order valence-electron chi connectivity index (χ2n) is 4.73. The first-order valence-electron chi connectivity index (χ1n) is 6.76. The van der Waals surface area contributed by atoms with Gasteiger partial charge in [-0.3, -0.25) is 0 Å². The molecule has 1 aliphatic heterocycles. The van der Waals surface area contributed by atoms with Crippen molar-refractivity contribution >= 4 is 23.4 Å². The van der Waals surface area contributed by atoms with E-state index in [1.807, 2.05) is 19.4 Å². The molecule has 1 aromatic heterocycles. The molecule has 2 heterocycles. The molecule has 5 nitrogen and oxygen atoms in total. The highest BCUT2D eigenvalue weighted by atomic mass is 32.2. The summed E-state index contributed by atoms with van der Waals surface area (Å²) in [7, 11) is 1.86. The molecule has 0 aliphatic carbocycles. The Balaban J connectivity index is 2.31. The first kappa shape index (κ1) is 14.4. The molecule has 106 valence electrons. The van der Waals surface area contributed by atoms with Crippen LogP contribution < -0.4 is 10.2 Å². The first-order chi connectivity index (χ1) is 9.28. The number of aliphatic hydroxyl groups is 1. The maximum Gasteiger partial charge on any atom is 0.191 e. The summed E-state index contributed by atoms with van der Waals surface area (Å²) in [6.07, 6.45) is 6.58. The van der Waals surface area contributed by atoms with Crippen LogP contribution in [0, 0.1) is 0 Å². The molecule has 1 aliphatic rings. The molecule has 6 heteroatoms. The molecule has 1 aromatic rings. The Morgan fingerprint density at radius 2 is 2.26 bits per heavy atom. The number of nitrogens with zero attached hydrogens (tertiary/aromatic N) is 3. The van der Waals surface area contributed by atoms with Crippen molar-refractivity contribution in [2.24, 2.45) is 0 Å². The highest BCUT2D eigenvalue weighted by Gasteiger charge is 2.22. The van der Waals surface area contributed by atoms with Gasteiger partial charge in [-0.1, -0.05) is 24.6 Å². The van der Waals surface area contributed by atoms with Crippen molar-refractivity contribution in [1.29, 1.82) is 0 Å². The second kappa shape index (κ2) is 6.96. The lowest BCUT2D eigenvalue weighted by Gasteiger charge is -2.30. The standard InChI is InChI=1S/C13H22N4OS/c1-14-11-8-12(16-13(15-11)19-2)17-7-5-3-4-6-10(17)9-18/h8,10,18H,3-7,9H2,1-2H3,(H,14,15,16). The van der Waals surface area contributed by atoms with E-state index in [-0.39, 0.29) is 12.6 Å². The Labute approximate surface area is 118 Å². The number of aliphatic hydroxyl groups excluding tert-OH is 1. The SMILES string of the molecule is CNc1cc(N2CCCCCC2CO)nc(SC)n1. The van der Waals surface area contributed by atoms with Crippen LogP contribution in [0.25, 0.3) is 0 Å². The molecule has 0 aromatic carbocycles. The lowest BCUT2D eigenvalue weighted by atomic mass is 10.1. The zero-order valence-electron chi connectivity index (χ0n) is 11.6. The van der Waals surface area contributed by atoms with Gasteiger partial charge in [0.1, 0.15) is 11.6 Å². The maximum absolute atomic E-state index is 9.59. The van der Waals surface area contributed by atoms with Gasteiger partial charge >= 0.3 is 0 Å². The van der Waals surface area contributed by atoms with Crippen LogP contribution in [-0.4, -0.2) is 47.6 Å². The van der Waals surface area contributed by atoms with E-state index in [2.05, 4.69) is 20.2 Å². The van der Waals surface area contributed by atoms with E-state index in [0.717, 1.165) is 36.2 Å². The summed E-state index contributed by atoms with van der Waals surface area (Å²) in [6.45, 7) is 1.15. The Hall–Kier alpha value is -1.01. The fourth-order valence-corrected chi connectivity index (χ4v) is 2.82. The van der Waals surface area contributed by atoms with Gasteiger partial charge in [-0.2, -0.15) is 0 Å². The van der Waals surface area contributed by atoms with Gasteiger partial charge < -0.3 is 15.3 Å². The van der Waals surface area contributed by atoms with Crippen molar-refractivity contribution in [2.45, 2.75) is 36.9 Å². The van der Waals surface area contributed by atoms with Crippen molar-refractivity contribution in [3.05, 3.63) is 6.07 Å². The number of thioether (sulfide) groups is 1. The van der Waals surface area contributed by atoms with E-state index in [1.54, 1.807) is 0 Å². The highest BCUT2D eigenvalue weighted by molar-refractivity contribution is 7.98. The van der Waals surface area contributed by atoms with Gasteiger partial charge in [-0.15, -0.1) is 0 Å². The third-order valence-corrected chi connectivity index (χ3v) is 4.06. The summed E-state index contributed by atoms with van der Waals surface area (Å²) < 4.78 is 0. The van der Waals surface area contributed by atoms with Gasteiger partial charge in [0.2, 0.25) is 0 Å². The first-order valence-corrected chi connectivity index (χ1v) is 7.99. The van der Waals surface area contributed by atoms with Crippen molar-refractivity contribution in [1.82, 2.24) is 9.97 Å². The van der Waals surface area contributed by atoms with Gasteiger partial charge in [0.25, 0.3) is 0 Å². The highest BCUT2D eigenvalue weighted by Crippen LogP contribution is 2.26. The smallest absolute Gasteiger partial charge is 0.191 e. The summed E-state index contributed by atoms with van der Waals surface area (Å²) in [5, 5.41) is 13.4. The van der Waals surface area contributed by atoms with E-state index < -0.39 is 0 Å². The normalized spacial score (nSPS) is 20.2. The van der Waals surface area contributed by atoms with Crippen molar-refractivity contribution in [3.8, 4) is 0 Å². The molecule has 0 amide bonds. The van der Waals surface area contributed by atoms with Gasteiger partial charge in [0, 0.05) is 19.7 Å². The molecule has 1 unspecified atom stereocenters. The summed E-state index contributed by atoms with van der Waals surface area (Å²) in [5.74, 6) is 1.75. The Kier molecular flexibility index (Phi) is 5.27. The van der Waals surface area contributed by atoms with Crippen LogP contribution in [-0.2, 0) is 0 Å². The van der Waals surface area contributed by atoms with Crippen LogP contribution >= 0.6 is 11.8 Å². The predicted molar refractivity (Wildman–Crippen MR) is 80.0 cm³/mol. The number of hydrogen-bond acceptors (Lipinski definition) is 6. The Morgan fingerprint density at radius 3 is 2.95 bits per heavy atom. The largest absolute Gasteiger partial charge is 0.394 e. The van der Waals surface area contributed by atoms with Crippen LogP contribution in [0.3, 0.4) is 0 Å². The van der Waals surface area contributed by atoms with Crippen molar-refractivity contribution in [2.75, 3.05) is 36.7 Å². The molecule has 0 bridgehead atoms. The third kappa shape index (κ3) is 3.51. The number of aromatic nitrogens is 2. The average Bonchev–Trinajstić information content (AvgIpc) is 2.71. The molecule has 1 fully saturated rings. The van der Waals surface area contributed by atoms with E-state index in [1.165, 1.54) is 24.6 Å². The van der Waals surface area contributed by atoms with Crippen LogP contribution in [0.1, 0.15) is 25.7 Å². The molecule has 1 saturated heterocycles. The maximum atomic E-state index is 9.59. The van der Waals surface area contributed by atoms with Gasteiger partial charge in [0.05, 0.1) is 12.6 Å². The lowest BCUT2D eigenvalue weighted by Crippen LogP contribution is -2.38. The molecular weight excluding hydrogens is 260 g/mol. The summed E-state index contributed by atoms with van der Waals surface area (Å²) in [5.41, 5.74) is 0. The summed E-state index contributed by atoms with van der Waals surface area (Å²) >= 11 is 1.54. The van der Waals surface area contributed by atoms with E-state index in [0.29, 0.717) is 0 Å². The topological polar surface area (TPSA) is 61.3 Å². The van der Waals surface area contributed by atoms with Crippen LogP contribution in [0.15, 0.2) is 11.2 Å². The molecule has 2 N–H and O–H groups in total. The molecule has 1 atom stereocenters. The van der Waals surface area contributed by atoms with E-state index >= 15 is 0 Å². The van der Waals surface area contributed by atoms with Crippen LogP contribution in [0.5, 0.6) is 0 Å². The molecule has 0 spiro atoms. The number of rotatable bonds is 4. The number of hydrogen-bond donors (Lipinski definition) is 2. The Bertz CT molecular complexity index is 393. The van der Waals surface area contributed by atoms with Crippen LogP contribution in [0.4, 0.5) is 11.6 Å². The van der Waals surface area contributed by atoms with Gasteiger partial charge in [0.15, 0.2) is 5.16 Å². The van der Waals surface area contributed by atoms with Gasteiger partial charge in [-0.25, -0.2) is 9.97 Å². The lowest BCUT2D eigenvalue weighted by molar-refractivity contribution is 0.254. The molecule has 2 rings (SSSR count). The van der Waals surface area contributed by atoms with E-state index in [9.17, 15) is 5.11 Å². The fourth-order valence-electron chi connectivity index (χ4n) is 2.45. The monoisotopic (exact) mass is 282 g/mol. The second-order valence-corrected chi connectivity index (χ2v) is 5.50.